The number of benzene rings is 1. The van der Waals surface area contributed by atoms with E-state index in [4.69, 9.17) is 4.42 Å². The smallest absolute Gasteiger partial charge is 0.227 e. The molecule has 0 atom stereocenters. The molecule has 4 nitrogen and oxygen atoms in total. The quantitative estimate of drug-likeness (QED) is 0.742. The number of amides is 1. The summed E-state index contributed by atoms with van der Waals surface area (Å²) in [4.78, 5) is 11.7. The Kier molecular flexibility index (Phi) is 4.35. The Bertz CT molecular complexity index is 646. The largest absolute Gasteiger partial charge is 0.451 e. The first kappa shape index (κ1) is 14.7. The Labute approximate surface area is 139 Å². The van der Waals surface area contributed by atoms with Crippen LogP contribution in [0.3, 0.4) is 0 Å². The predicted octanol–water partition coefficient (Wildman–Crippen LogP) is 4.77. The van der Waals surface area contributed by atoms with Gasteiger partial charge in [-0.15, -0.1) is 0 Å². The van der Waals surface area contributed by atoms with Crippen LogP contribution in [0.5, 0.6) is 0 Å². The normalized spacial score (nSPS) is 14.0. The molecule has 0 saturated heterocycles. The maximum Gasteiger partial charge on any atom is 0.227 e. The van der Waals surface area contributed by atoms with Crippen molar-refractivity contribution in [2.24, 2.45) is 5.92 Å². The molecule has 1 amide bonds. The standard InChI is InChI=1S/C15H14Br2N2O2/c16-13-7-12(21-14(13)17)8-18-10-2-1-3-11(6-10)19-15(20)9-4-5-9/h1-3,6-7,9,18H,4-5,8H2,(H,19,20). The molecule has 6 heteroatoms. The van der Waals surface area contributed by atoms with Crippen LogP contribution in [0.2, 0.25) is 0 Å². The molecule has 1 saturated carbocycles. The van der Waals surface area contributed by atoms with Gasteiger partial charge in [0.05, 0.1) is 11.0 Å². The minimum atomic E-state index is 0.117. The first-order chi connectivity index (χ1) is 10.1. The first-order valence-electron chi connectivity index (χ1n) is 6.70. The molecule has 3 rings (SSSR count). The maximum absolute atomic E-state index is 11.7. The van der Waals surface area contributed by atoms with Crippen molar-refractivity contribution in [2.75, 3.05) is 10.6 Å². The molecule has 21 heavy (non-hydrogen) atoms. The fourth-order valence-electron chi connectivity index (χ4n) is 1.96. The van der Waals surface area contributed by atoms with Crippen LogP contribution in [0.4, 0.5) is 11.4 Å². The topological polar surface area (TPSA) is 54.3 Å². The third-order valence-corrected chi connectivity index (χ3v) is 4.95. The van der Waals surface area contributed by atoms with Crippen molar-refractivity contribution < 1.29 is 9.21 Å². The lowest BCUT2D eigenvalue weighted by Crippen LogP contribution is -2.13. The molecule has 2 aromatic rings. The van der Waals surface area contributed by atoms with Crippen molar-refractivity contribution >= 4 is 49.1 Å². The van der Waals surface area contributed by atoms with E-state index in [1.165, 1.54) is 0 Å². The highest BCUT2D eigenvalue weighted by Crippen LogP contribution is 2.30. The molecule has 110 valence electrons. The summed E-state index contributed by atoms with van der Waals surface area (Å²) >= 11 is 6.70. The van der Waals surface area contributed by atoms with E-state index in [-0.39, 0.29) is 11.8 Å². The molecule has 0 aliphatic heterocycles. The summed E-state index contributed by atoms with van der Waals surface area (Å²) in [6.07, 6.45) is 2.01. The summed E-state index contributed by atoms with van der Waals surface area (Å²) in [7, 11) is 0. The number of anilines is 2. The van der Waals surface area contributed by atoms with Crippen LogP contribution in [-0.4, -0.2) is 5.91 Å². The highest BCUT2D eigenvalue weighted by molar-refractivity contribution is 9.13. The van der Waals surface area contributed by atoms with Crippen LogP contribution in [0, 0.1) is 5.92 Å². The molecule has 0 unspecified atom stereocenters. The molecule has 1 aromatic carbocycles. The lowest BCUT2D eigenvalue weighted by Gasteiger charge is -2.08. The van der Waals surface area contributed by atoms with E-state index in [1.54, 1.807) is 0 Å². The second-order valence-electron chi connectivity index (χ2n) is 5.03. The number of rotatable bonds is 5. The number of halogens is 2. The molecular weight excluding hydrogens is 400 g/mol. The van der Waals surface area contributed by atoms with Gasteiger partial charge >= 0.3 is 0 Å². The molecule has 0 spiro atoms. The molecule has 0 radical (unpaired) electrons. The van der Waals surface area contributed by atoms with Gasteiger partial charge in [-0.3, -0.25) is 4.79 Å². The molecule has 1 aromatic heterocycles. The van der Waals surface area contributed by atoms with Gasteiger partial charge in [-0.1, -0.05) is 6.07 Å². The average Bonchev–Trinajstić information content (AvgIpc) is 3.25. The zero-order chi connectivity index (χ0) is 14.8. The van der Waals surface area contributed by atoms with Crippen molar-refractivity contribution in [3.63, 3.8) is 0 Å². The fourth-order valence-corrected chi connectivity index (χ4v) is 2.62. The van der Waals surface area contributed by atoms with Gasteiger partial charge in [-0.05, 0) is 69.0 Å². The summed E-state index contributed by atoms with van der Waals surface area (Å²) in [5.74, 6) is 1.15. The number of hydrogen-bond donors (Lipinski definition) is 2. The Morgan fingerprint density at radius 3 is 2.67 bits per heavy atom. The highest BCUT2D eigenvalue weighted by atomic mass is 79.9. The van der Waals surface area contributed by atoms with Crippen molar-refractivity contribution in [1.82, 2.24) is 0 Å². The molecule has 0 bridgehead atoms. The average molecular weight is 414 g/mol. The van der Waals surface area contributed by atoms with E-state index in [0.29, 0.717) is 11.2 Å². The minimum absolute atomic E-state index is 0.117. The summed E-state index contributed by atoms with van der Waals surface area (Å²) in [6.45, 7) is 0.574. The number of hydrogen-bond acceptors (Lipinski definition) is 3. The van der Waals surface area contributed by atoms with Gasteiger partial charge in [0.2, 0.25) is 5.91 Å². The molecular formula is C15H14Br2N2O2. The van der Waals surface area contributed by atoms with E-state index >= 15 is 0 Å². The second-order valence-corrected chi connectivity index (χ2v) is 6.61. The highest BCUT2D eigenvalue weighted by Gasteiger charge is 2.29. The van der Waals surface area contributed by atoms with Gasteiger partial charge < -0.3 is 15.1 Å². The Hall–Kier alpha value is -1.27. The van der Waals surface area contributed by atoms with Crippen molar-refractivity contribution in [3.05, 3.63) is 45.2 Å². The Morgan fingerprint density at radius 1 is 1.24 bits per heavy atom. The number of carbonyl (C=O) groups excluding carboxylic acids is 1. The van der Waals surface area contributed by atoms with E-state index in [0.717, 1.165) is 34.4 Å². The van der Waals surface area contributed by atoms with Crippen molar-refractivity contribution in [2.45, 2.75) is 19.4 Å². The third kappa shape index (κ3) is 3.89. The predicted molar refractivity (Wildman–Crippen MR) is 89.2 cm³/mol. The van der Waals surface area contributed by atoms with Crippen LogP contribution in [0.25, 0.3) is 0 Å². The van der Waals surface area contributed by atoms with Crippen molar-refractivity contribution in [3.8, 4) is 0 Å². The van der Waals surface area contributed by atoms with Crippen LogP contribution >= 0.6 is 31.9 Å². The minimum Gasteiger partial charge on any atom is -0.451 e. The van der Waals surface area contributed by atoms with Crippen LogP contribution in [0.1, 0.15) is 18.6 Å². The molecule has 1 aliphatic carbocycles. The van der Waals surface area contributed by atoms with Crippen LogP contribution in [-0.2, 0) is 11.3 Å². The van der Waals surface area contributed by atoms with E-state index in [1.807, 2.05) is 30.3 Å². The maximum atomic E-state index is 11.7. The third-order valence-electron chi connectivity index (χ3n) is 3.24. The van der Waals surface area contributed by atoms with Gasteiger partial charge in [0.15, 0.2) is 4.67 Å². The van der Waals surface area contributed by atoms with E-state index in [2.05, 4.69) is 42.5 Å². The lowest BCUT2D eigenvalue weighted by atomic mass is 10.2. The fraction of sp³-hybridized carbons (Fsp3) is 0.267. The zero-order valence-electron chi connectivity index (χ0n) is 11.2. The molecule has 1 heterocycles. The van der Waals surface area contributed by atoms with Gasteiger partial charge in [-0.2, -0.15) is 0 Å². The SMILES string of the molecule is O=C(Nc1cccc(NCc2cc(Br)c(Br)o2)c1)C1CC1. The summed E-state index contributed by atoms with van der Waals surface area (Å²) in [5, 5.41) is 6.21. The number of nitrogens with one attached hydrogen (secondary N) is 2. The van der Waals surface area contributed by atoms with Gasteiger partial charge in [0, 0.05) is 17.3 Å². The Balaban J connectivity index is 1.61. The zero-order valence-corrected chi connectivity index (χ0v) is 14.3. The molecule has 2 N–H and O–H groups in total. The van der Waals surface area contributed by atoms with Gasteiger partial charge in [-0.25, -0.2) is 0 Å². The summed E-state index contributed by atoms with van der Waals surface area (Å²) in [6, 6.07) is 9.60. The summed E-state index contributed by atoms with van der Waals surface area (Å²) in [5.41, 5.74) is 1.76. The Morgan fingerprint density at radius 2 is 2.00 bits per heavy atom. The lowest BCUT2D eigenvalue weighted by molar-refractivity contribution is -0.117. The van der Waals surface area contributed by atoms with E-state index in [9.17, 15) is 4.79 Å². The second kappa shape index (κ2) is 6.23. The number of carbonyl (C=O) groups is 1. The first-order valence-corrected chi connectivity index (χ1v) is 8.29. The van der Waals surface area contributed by atoms with E-state index < -0.39 is 0 Å². The summed E-state index contributed by atoms with van der Waals surface area (Å²) < 4.78 is 7.09. The van der Waals surface area contributed by atoms with Gasteiger partial charge in [0.25, 0.3) is 0 Å². The molecule has 1 aliphatic rings. The van der Waals surface area contributed by atoms with Crippen LogP contribution < -0.4 is 10.6 Å². The van der Waals surface area contributed by atoms with Crippen LogP contribution in [0.15, 0.2) is 43.9 Å². The monoisotopic (exact) mass is 412 g/mol. The van der Waals surface area contributed by atoms with Crippen molar-refractivity contribution in [1.29, 1.82) is 0 Å². The number of furan rings is 1. The van der Waals surface area contributed by atoms with Gasteiger partial charge in [0.1, 0.15) is 5.76 Å². The molecule has 1 fully saturated rings.